The van der Waals surface area contributed by atoms with Gasteiger partial charge >= 0.3 is 0 Å². The van der Waals surface area contributed by atoms with Gasteiger partial charge in [-0.3, -0.25) is 4.79 Å². The fourth-order valence-corrected chi connectivity index (χ4v) is 2.89. The minimum absolute atomic E-state index is 0.0334. The minimum atomic E-state index is -0.0334. The summed E-state index contributed by atoms with van der Waals surface area (Å²) in [5, 5.41) is 0. The van der Waals surface area contributed by atoms with E-state index in [9.17, 15) is 4.79 Å². The first-order valence-corrected chi connectivity index (χ1v) is 9.56. The van der Waals surface area contributed by atoms with E-state index in [1.54, 1.807) is 19.3 Å². The second-order valence-electron chi connectivity index (χ2n) is 5.89. The zero-order valence-corrected chi connectivity index (χ0v) is 17.1. The van der Waals surface area contributed by atoms with Gasteiger partial charge in [0.05, 0.1) is 7.11 Å². The predicted octanol–water partition coefficient (Wildman–Crippen LogP) is 5.77. The van der Waals surface area contributed by atoms with Crippen LogP contribution in [0.5, 0.6) is 11.5 Å². The van der Waals surface area contributed by atoms with Crippen molar-refractivity contribution in [3.63, 3.8) is 0 Å². The second-order valence-corrected chi connectivity index (χ2v) is 7.13. The molecule has 0 saturated heterocycles. The summed E-state index contributed by atoms with van der Waals surface area (Å²) in [6.45, 7) is 0.450. The van der Waals surface area contributed by atoms with Crippen LogP contribution in [0, 0.1) is 3.57 Å². The Kier molecular flexibility index (Phi) is 6.65. The summed E-state index contributed by atoms with van der Waals surface area (Å²) >= 11 is 2.22. The number of hydrogen-bond donors (Lipinski definition) is 0. The highest BCUT2D eigenvalue weighted by molar-refractivity contribution is 14.1. The van der Waals surface area contributed by atoms with Gasteiger partial charge in [-0.25, -0.2) is 0 Å². The Labute approximate surface area is 172 Å². The number of hydrogen-bond acceptors (Lipinski definition) is 3. The number of benzene rings is 3. The minimum Gasteiger partial charge on any atom is -0.493 e. The summed E-state index contributed by atoms with van der Waals surface area (Å²) < 4.78 is 12.4. The van der Waals surface area contributed by atoms with Crippen molar-refractivity contribution in [2.75, 3.05) is 7.11 Å². The predicted molar refractivity (Wildman–Crippen MR) is 116 cm³/mol. The third kappa shape index (κ3) is 5.44. The number of methoxy groups -OCH3 is 1. The van der Waals surface area contributed by atoms with Crippen LogP contribution in [0.4, 0.5) is 0 Å². The van der Waals surface area contributed by atoms with Crippen LogP contribution in [0.15, 0.2) is 78.9 Å². The summed E-state index contributed by atoms with van der Waals surface area (Å²) in [6, 6.07) is 23.1. The summed E-state index contributed by atoms with van der Waals surface area (Å²) in [5.74, 6) is 1.27. The number of halogens is 1. The molecule has 3 aromatic rings. The zero-order chi connectivity index (χ0) is 19.1. The molecule has 0 radical (unpaired) electrons. The van der Waals surface area contributed by atoms with E-state index in [0.29, 0.717) is 23.7 Å². The Bertz CT molecular complexity index is 932. The van der Waals surface area contributed by atoms with Gasteiger partial charge in [0.1, 0.15) is 6.61 Å². The van der Waals surface area contributed by atoms with E-state index in [2.05, 4.69) is 22.6 Å². The monoisotopic (exact) mass is 470 g/mol. The smallest absolute Gasteiger partial charge is 0.185 e. The molecular weight excluding hydrogens is 451 g/mol. The summed E-state index contributed by atoms with van der Waals surface area (Å²) in [5.41, 5.74) is 2.62. The number of rotatable bonds is 7. The molecule has 0 atom stereocenters. The maximum atomic E-state index is 12.3. The lowest BCUT2D eigenvalue weighted by Gasteiger charge is -2.11. The quantitative estimate of drug-likeness (QED) is 0.250. The molecule has 27 heavy (non-hydrogen) atoms. The maximum Gasteiger partial charge on any atom is 0.185 e. The standard InChI is InChI=1S/C23H19IO3/c1-26-22-14-8-17(7-13-21(25)19-9-11-20(24)12-10-19)15-23(22)27-16-18-5-3-2-4-6-18/h2-15H,16H2,1H3. The molecule has 0 amide bonds. The van der Waals surface area contributed by atoms with Crippen molar-refractivity contribution >= 4 is 34.5 Å². The van der Waals surface area contributed by atoms with Crippen LogP contribution in [-0.2, 0) is 6.61 Å². The Hall–Kier alpha value is -2.60. The Balaban J connectivity index is 1.73. The molecule has 0 aromatic heterocycles. The molecule has 0 aliphatic rings. The normalized spacial score (nSPS) is 10.7. The molecule has 0 aliphatic heterocycles. The lowest BCUT2D eigenvalue weighted by atomic mass is 10.1. The summed E-state index contributed by atoms with van der Waals surface area (Å²) in [6.07, 6.45) is 3.36. The molecule has 3 rings (SSSR count). The van der Waals surface area contributed by atoms with Gasteiger partial charge in [-0.2, -0.15) is 0 Å². The SMILES string of the molecule is COc1ccc(C=CC(=O)c2ccc(I)cc2)cc1OCc1ccccc1. The first kappa shape index (κ1) is 19.2. The van der Waals surface area contributed by atoms with Gasteiger partial charge < -0.3 is 9.47 Å². The van der Waals surface area contributed by atoms with Crippen molar-refractivity contribution < 1.29 is 14.3 Å². The highest BCUT2D eigenvalue weighted by Gasteiger charge is 2.06. The van der Waals surface area contributed by atoms with E-state index in [1.165, 1.54) is 0 Å². The van der Waals surface area contributed by atoms with Crippen LogP contribution in [0.2, 0.25) is 0 Å². The molecule has 0 heterocycles. The molecule has 0 N–H and O–H groups in total. The van der Waals surface area contributed by atoms with Crippen molar-refractivity contribution in [3.05, 3.63) is 99.1 Å². The molecule has 3 aromatic carbocycles. The van der Waals surface area contributed by atoms with Gasteiger partial charge in [0.25, 0.3) is 0 Å². The topological polar surface area (TPSA) is 35.5 Å². The van der Waals surface area contributed by atoms with Crippen LogP contribution in [0.25, 0.3) is 6.08 Å². The zero-order valence-electron chi connectivity index (χ0n) is 14.9. The van der Waals surface area contributed by atoms with Crippen LogP contribution < -0.4 is 9.47 Å². The van der Waals surface area contributed by atoms with Crippen LogP contribution in [-0.4, -0.2) is 12.9 Å². The van der Waals surface area contributed by atoms with Gasteiger partial charge in [0.2, 0.25) is 0 Å². The molecule has 0 unspecified atom stereocenters. The van der Waals surface area contributed by atoms with E-state index < -0.39 is 0 Å². The van der Waals surface area contributed by atoms with E-state index in [-0.39, 0.29) is 5.78 Å². The van der Waals surface area contributed by atoms with Crippen molar-refractivity contribution in [2.24, 2.45) is 0 Å². The van der Waals surface area contributed by atoms with Crippen LogP contribution in [0.1, 0.15) is 21.5 Å². The number of allylic oxidation sites excluding steroid dienone is 1. The molecule has 136 valence electrons. The molecule has 0 bridgehead atoms. The number of ether oxygens (including phenoxy) is 2. The Morgan fingerprint density at radius 2 is 1.70 bits per heavy atom. The third-order valence-corrected chi connectivity index (χ3v) is 4.70. The molecule has 0 fully saturated rings. The van der Waals surface area contributed by atoms with Gasteiger partial charge in [-0.1, -0.05) is 54.6 Å². The van der Waals surface area contributed by atoms with E-state index >= 15 is 0 Å². The van der Waals surface area contributed by atoms with Crippen molar-refractivity contribution in [2.45, 2.75) is 6.61 Å². The second kappa shape index (κ2) is 9.37. The van der Waals surface area contributed by atoms with E-state index in [1.807, 2.05) is 72.8 Å². The van der Waals surface area contributed by atoms with Gasteiger partial charge in [0, 0.05) is 9.13 Å². The number of ketones is 1. The molecule has 0 saturated carbocycles. The molecular formula is C23H19IO3. The highest BCUT2D eigenvalue weighted by atomic mass is 127. The van der Waals surface area contributed by atoms with Gasteiger partial charge in [0.15, 0.2) is 17.3 Å². The first-order valence-electron chi connectivity index (χ1n) is 8.48. The molecule has 4 heteroatoms. The Morgan fingerprint density at radius 3 is 2.41 bits per heavy atom. The largest absolute Gasteiger partial charge is 0.493 e. The fourth-order valence-electron chi connectivity index (χ4n) is 2.53. The number of carbonyl (C=O) groups is 1. The average Bonchev–Trinajstić information content (AvgIpc) is 2.71. The highest BCUT2D eigenvalue weighted by Crippen LogP contribution is 2.29. The van der Waals surface area contributed by atoms with E-state index in [4.69, 9.17) is 9.47 Å². The van der Waals surface area contributed by atoms with Gasteiger partial charge in [-0.05, 0) is 64.1 Å². The lowest BCUT2D eigenvalue weighted by molar-refractivity contribution is 0.104. The van der Waals surface area contributed by atoms with Crippen molar-refractivity contribution in [1.82, 2.24) is 0 Å². The molecule has 0 aliphatic carbocycles. The fraction of sp³-hybridized carbons (Fsp3) is 0.0870. The van der Waals surface area contributed by atoms with Crippen molar-refractivity contribution in [1.29, 1.82) is 0 Å². The molecule has 3 nitrogen and oxygen atoms in total. The van der Waals surface area contributed by atoms with E-state index in [0.717, 1.165) is 14.7 Å². The van der Waals surface area contributed by atoms with Gasteiger partial charge in [-0.15, -0.1) is 0 Å². The van der Waals surface area contributed by atoms with Crippen LogP contribution in [0.3, 0.4) is 0 Å². The van der Waals surface area contributed by atoms with Crippen molar-refractivity contribution in [3.8, 4) is 11.5 Å². The first-order chi connectivity index (χ1) is 13.2. The number of carbonyl (C=O) groups excluding carboxylic acids is 1. The lowest BCUT2D eigenvalue weighted by Crippen LogP contribution is -1.98. The van der Waals surface area contributed by atoms with Crippen LogP contribution >= 0.6 is 22.6 Å². The maximum absolute atomic E-state index is 12.3. The average molecular weight is 470 g/mol. The summed E-state index contributed by atoms with van der Waals surface area (Å²) in [7, 11) is 1.61. The molecule has 0 spiro atoms. The third-order valence-electron chi connectivity index (χ3n) is 3.98. The summed E-state index contributed by atoms with van der Waals surface area (Å²) in [4.78, 5) is 12.3. The Morgan fingerprint density at radius 1 is 0.963 bits per heavy atom.